The monoisotopic (exact) mass is 346 g/mol. The SMILES string of the molecule is CCCCn1nnnc1CN1CCC(NC(=O)c2cnn(C)c2)CC1. The molecule has 3 rings (SSSR count). The fourth-order valence-corrected chi connectivity index (χ4v) is 3.06. The van der Waals surface area contributed by atoms with Crippen LogP contribution in [-0.2, 0) is 20.1 Å². The number of rotatable bonds is 7. The second-order valence-corrected chi connectivity index (χ2v) is 6.60. The molecule has 1 N–H and O–H groups in total. The quantitative estimate of drug-likeness (QED) is 0.789. The van der Waals surface area contributed by atoms with Gasteiger partial charge in [-0.05, 0) is 29.7 Å². The Bertz CT molecular complexity index is 686. The number of carbonyl (C=O) groups is 1. The van der Waals surface area contributed by atoms with Crippen LogP contribution in [0.1, 0.15) is 48.8 Å². The van der Waals surface area contributed by atoms with Crippen LogP contribution in [0.4, 0.5) is 0 Å². The van der Waals surface area contributed by atoms with E-state index < -0.39 is 0 Å². The Kier molecular flexibility index (Phi) is 5.75. The summed E-state index contributed by atoms with van der Waals surface area (Å²) in [7, 11) is 1.81. The lowest BCUT2D eigenvalue weighted by Crippen LogP contribution is -2.44. The first-order valence-corrected chi connectivity index (χ1v) is 8.92. The van der Waals surface area contributed by atoms with Gasteiger partial charge < -0.3 is 5.32 Å². The molecular formula is C16H26N8O. The van der Waals surface area contributed by atoms with Crippen molar-refractivity contribution in [1.29, 1.82) is 0 Å². The average Bonchev–Trinajstić information content (AvgIpc) is 3.23. The molecule has 1 amide bonds. The summed E-state index contributed by atoms with van der Waals surface area (Å²) in [5, 5.41) is 19.2. The zero-order valence-electron chi connectivity index (χ0n) is 14.9. The van der Waals surface area contributed by atoms with Crippen LogP contribution in [0.2, 0.25) is 0 Å². The third kappa shape index (κ3) is 4.62. The molecular weight excluding hydrogens is 320 g/mol. The number of hydrogen-bond acceptors (Lipinski definition) is 6. The topological polar surface area (TPSA) is 93.8 Å². The van der Waals surface area contributed by atoms with Gasteiger partial charge in [0.15, 0.2) is 5.82 Å². The molecule has 1 fully saturated rings. The Morgan fingerprint density at radius 3 is 2.84 bits per heavy atom. The predicted molar refractivity (Wildman–Crippen MR) is 91.7 cm³/mol. The zero-order chi connectivity index (χ0) is 17.6. The highest BCUT2D eigenvalue weighted by Gasteiger charge is 2.23. The minimum Gasteiger partial charge on any atom is -0.349 e. The highest BCUT2D eigenvalue weighted by Crippen LogP contribution is 2.13. The highest BCUT2D eigenvalue weighted by molar-refractivity contribution is 5.93. The van der Waals surface area contributed by atoms with Gasteiger partial charge >= 0.3 is 0 Å². The Morgan fingerprint density at radius 1 is 1.36 bits per heavy atom. The third-order valence-corrected chi connectivity index (χ3v) is 4.58. The van der Waals surface area contributed by atoms with Crippen LogP contribution in [0.15, 0.2) is 12.4 Å². The smallest absolute Gasteiger partial charge is 0.254 e. The van der Waals surface area contributed by atoms with E-state index in [1.54, 1.807) is 17.1 Å². The van der Waals surface area contributed by atoms with Crippen molar-refractivity contribution in [3.05, 3.63) is 23.8 Å². The molecule has 3 heterocycles. The molecule has 0 bridgehead atoms. The van der Waals surface area contributed by atoms with Crippen molar-refractivity contribution in [2.45, 2.75) is 51.7 Å². The van der Waals surface area contributed by atoms with E-state index in [-0.39, 0.29) is 11.9 Å². The number of nitrogens with zero attached hydrogens (tertiary/aromatic N) is 7. The predicted octanol–water partition coefficient (Wildman–Crippen LogP) is 0.601. The van der Waals surface area contributed by atoms with Crippen molar-refractivity contribution in [3.63, 3.8) is 0 Å². The average molecular weight is 346 g/mol. The van der Waals surface area contributed by atoms with E-state index in [9.17, 15) is 4.79 Å². The van der Waals surface area contributed by atoms with E-state index >= 15 is 0 Å². The summed E-state index contributed by atoms with van der Waals surface area (Å²) in [4.78, 5) is 14.5. The lowest BCUT2D eigenvalue weighted by atomic mass is 10.0. The van der Waals surface area contributed by atoms with Gasteiger partial charge in [0.1, 0.15) is 0 Å². The minimum absolute atomic E-state index is 0.0462. The molecule has 0 unspecified atom stereocenters. The molecule has 0 aliphatic carbocycles. The number of likely N-dealkylation sites (tertiary alicyclic amines) is 1. The van der Waals surface area contributed by atoms with Crippen LogP contribution in [0.25, 0.3) is 0 Å². The number of unbranched alkanes of at least 4 members (excludes halogenated alkanes) is 1. The molecule has 0 saturated carbocycles. The molecule has 0 aromatic carbocycles. The van der Waals surface area contributed by atoms with Crippen LogP contribution < -0.4 is 5.32 Å². The normalized spacial score (nSPS) is 16.2. The van der Waals surface area contributed by atoms with Crippen molar-refractivity contribution in [1.82, 2.24) is 40.2 Å². The summed E-state index contributed by atoms with van der Waals surface area (Å²) in [6.45, 7) is 5.66. The van der Waals surface area contributed by atoms with E-state index in [2.05, 4.69) is 37.8 Å². The van der Waals surface area contributed by atoms with Crippen LogP contribution in [-0.4, -0.2) is 59.9 Å². The molecule has 0 radical (unpaired) electrons. The lowest BCUT2D eigenvalue weighted by molar-refractivity contribution is 0.0907. The number of aryl methyl sites for hydroxylation is 2. The summed E-state index contributed by atoms with van der Waals surface area (Å²) in [6, 6.07) is 0.208. The fraction of sp³-hybridized carbons (Fsp3) is 0.688. The number of tetrazole rings is 1. The number of carbonyl (C=O) groups excluding carboxylic acids is 1. The summed E-state index contributed by atoms with van der Waals surface area (Å²) >= 11 is 0. The van der Waals surface area contributed by atoms with Gasteiger partial charge in [0.25, 0.3) is 5.91 Å². The number of nitrogens with one attached hydrogen (secondary N) is 1. The molecule has 9 nitrogen and oxygen atoms in total. The van der Waals surface area contributed by atoms with E-state index in [0.717, 1.165) is 57.7 Å². The lowest BCUT2D eigenvalue weighted by Gasteiger charge is -2.31. The van der Waals surface area contributed by atoms with Crippen molar-refractivity contribution >= 4 is 5.91 Å². The summed E-state index contributed by atoms with van der Waals surface area (Å²) < 4.78 is 3.54. The van der Waals surface area contributed by atoms with Gasteiger partial charge in [0.2, 0.25) is 0 Å². The van der Waals surface area contributed by atoms with E-state index in [1.165, 1.54) is 0 Å². The van der Waals surface area contributed by atoms with Crippen LogP contribution in [0.5, 0.6) is 0 Å². The van der Waals surface area contributed by atoms with Gasteiger partial charge in [-0.15, -0.1) is 5.10 Å². The van der Waals surface area contributed by atoms with Crippen LogP contribution in [0, 0.1) is 0 Å². The van der Waals surface area contributed by atoms with Crippen molar-refractivity contribution in [3.8, 4) is 0 Å². The molecule has 9 heteroatoms. The fourth-order valence-electron chi connectivity index (χ4n) is 3.06. The molecule has 25 heavy (non-hydrogen) atoms. The van der Waals surface area contributed by atoms with Crippen LogP contribution >= 0.6 is 0 Å². The molecule has 136 valence electrons. The van der Waals surface area contributed by atoms with Crippen LogP contribution in [0.3, 0.4) is 0 Å². The molecule has 0 spiro atoms. The van der Waals surface area contributed by atoms with Crippen molar-refractivity contribution in [2.75, 3.05) is 13.1 Å². The summed E-state index contributed by atoms with van der Waals surface area (Å²) in [5.74, 6) is 0.876. The molecule has 1 aliphatic rings. The molecule has 1 saturated heterocycles. The molecule has 1 aliphatic heterocycles. The van der Waals surface area contributed by atoms with E-state index in [0.29, 0.717) is 5.56 Å². The van der Waals surface area contributed by atoms with Crippen molar-refractivity contribution < 1.29 is 4.79 Å². The van der Waals surface area contributed by atoms with Gasteiger partial charge in [-0.2, -0.15) is 5.10 Å². The first kappa shape index (κ1) is 17.5. The van der Waals surface area contributed by atoms with Gasteiger partial charge in [0.05, 0.1) is 18.3 Å². The van der Waals surface area contributed by atoms with Gasteiger partial charge in [-0.3, -0.25) is 14.4 Å². The van der Waals surface area contributed by atoms with E-state index in [4.69, 9.17) is 0 Å². The second kappa shape index (κ2) is 8.19. The third-order valence-electron chi connectivity index (χ3n) is 4.58. The maximum absolute atomic E-state index is 12.2. The summed E-state index contributed by atoms with van der Waals surface area (Å²) in [5.41, 5.74) is 0.611. The maximum atomic E-state index is 12.2. The summed E-state index contributed by atoms with van der Waals surface area (Å²) in [6.07, 6.45) is 7.41. The standard InChI is InChI=1S/C16H26N8O/c1-3-4-7-24-15(19-20-21-24)12-23-8-5-14(6-9-23)18-16(25)13-10-17-22(2)11-13/h10-11,14H,3-9,12H2,1-2H3,(H,18,25). The first-order valence-electron chi connectivity index (χ1n) is 8.92. The van der Waals surface area contributed by atoms with Crippen molar-refractivity contribution in [2.24, 2.45) is 7.05 Å². The Labute approximate surface area is 147 Å². The Morgan fingerprint density at radius 2 is 2.16 bits per heavy atom. The highest BCUT2D eigenvalue weighted by atomic mass is 16.1. The Balaban J connectivity index is 1.46. The number of hydrogen-bond donors (Lipinski definition) is 1. The van der Waals surface area contributed by atoms with Gasteiger partial charge in [-0.1, -0.05) is 13.3 Å². The largest absolute Gasteiger partial charge is 0.349 e. The molecule has 0 atom stereocenters. The maximum Gasteiger partial charge on any atom is 0.254 e. The number of amides is 1. The number of aromatic nitrogens is 6. The first-order chi connectivity index (χ1) is 12.2. The molecule has 2 aromatic heterocycles. The number of piperidine rings is 1. The van der Waals surface area contributed by atoms with Gasteiger partial charge in [-0.25, -0.2) is 4.68 Å². The zero-order valence-corrected chi connectivity index (χ0v) is 14.9. The van der Waals surface area contributed by atoms with E-state index in [1.807, 2.05) is 11.7 Å². The van der Waals surface area contributed by atoms with Gasteiger partial charge in [0, 0.05) is 38.9 Å². The second-order valence-electron chi connectivity index (χ2n) is 6.60. The molecule has 2 aromatic rings. The Hall–Kier alpha value is -2.29. The minimum atomic E-state index is -0.0462.